The van der Waals surface area contributed by atoms with Gasteiger partial charge in [-0.2, -0.15) is 4.31 Å². The van der Waals surface area contributed by atoms with Crippen LogP contribution in [0.15, 0.2) is 29.2 Å². The maximum atomic E-state index is 12.2. The summed E-state index contributed by atoms with van der Waals surface area (Å²) in [5.74, 6) is 0. The van der Waals surface area contributed by atoms with Crippen LogP contribution in [0.3, 0.4) is 0 Å². The van der Waals surface area contributed by atoms with Crippen molar-refractivity contribution < 1.29 is 8.42 Å². The molecule has 90 valence electrons. The van der Waals surface area contributed by atoms with Gasteiger partial charge in [-0.05, 0) is 45.0 Å². The molecule has 4 nitrogen and oxygen atoms in total. The number of sulfonamides is 1. The molecule has 0 radical (unpaired) electrons. The molecule has 0 saturated carbocycles. The van der Waals surface area contributed by atoms with E-state index in [0.717, 1.165) is 0 Å². The highest BCUT2D eigenvalue weighted by molar-refractivity contribution is 7.89. The molecule has 0 bridgehead atoms. The third-order valence-corrected chi connectivity index (χ3v) is 4.62. The minimum absolute atomic E-state index is 0.263. The van der Waals surface area contributed by atoms with Crippen LogP contribution in [0.25, 0.3) is 0 Å². The van der Waals surface area contributed by atoms with E-state index in [-0.39, 0.29) is 4.90 Å². The van der Waals surface area contributed by atoms with Crippen LogP contribution < -0.4 is 5.73 Å². The Morgan fingerprint density at radius 2 is 1.56 bits per heavy atom. The van der Waals surface area contributed by atoms with Crippen molar-refractivity contribution in [3.05, 3.63) is 24.3 Å². The van der Waals surface area contributed by atoms with E-state index in [1.807, 2.05) is 20.8 Å². The SMILES string of the molecule is CN(C(C)(C)C)S(=O)(=O)c1ccc(N)cc1. The Morgan fingerprint density at radius 3 is 1.94 bits per heavy atom. The molecule has 5 heteroatoms. The van der Waals surface area contributed by atoms with Gasteiger partial charge in [-0.1, -0.05) is 0 Å². The van der Waals surface area contributed by atoms with Gasteiger partial charge in [-0.25, -0.2) is 8.42 Å². The molecule has 0 amide bonds. The lowest BCUT2D eigenvalue weighted by Gasteiger charge is -2.30. The van der Waals surface area contributed by atoms with Gasteiger partial charge in [-0.15, -0.1) is 0 Å². The second-order valence-corrected chi connectivity index (χ2v) is 6.68. The zero-order valence-corrected chi connectivity index (χ0v) is 10.9. The predicted octanol–water partition coefficient (Wildman–Crippen LogP) is 1.69. The Morgan fingerprint density at radius 1 is 1.12 bits per heavy atom. The Bertz CT molecular complexity index is 458. The highest BCUT2D eigenvalue weighted by Gasteiger charge is 2.29. The van der Waals surface area contributed by atoms with E-state index in [9.17, 15) is 8.42 Å². The lowest BCUT2D eigenvalue weighted by atomic mass is 10.1. The molecule has 0 spiro atoms. The fraction of sp³-hybridized carbons (Fsp3) is 0.455. The van der Waals surface area contributed by atoms with Crippen LogP contribution >= 0.6 is 0 Å². The molecule has 2 N–H and O–H groups in total. The largest absolute Gasteiger partial charge is 0.399 e. The van der Waals surface area contributed by atoms with Crippen molar-refractivity contribution >= 4 is 15.7 Å². The minimum Gasteiger partial charge on any atom is -0.399 e. The lowest BCUT2D eigenvalue weighted by Crippen LogP contribution is -2.42. The smallest absolute Gasteiger partial charge is 0.243 e. The topological polar surface area (TPSA) is 63.4 Å². The molecule has 0 aliphatic carbocycles. The van der Waals surface area contributed by atoms with Crippen LogP contribution in [0.2, 0.25) is 0 Å². The monoisotopic (exact) mass is 242 g/mol. The summed E-state index contributed by atoms with van der Waals surface area (Å²) in [6.07, 6.45) is 0. The number of anilines is 1. The van der Waals surface area contributed by atoms with Gasteiger partial charge >= 0.3 is 0 Å². The third kappa shape index (κ3) is 2.54. The molecule has 0 saturated heterocycles. The van der Waals surface area contributed by atoms with Crippen molar-refractivity contribution in [3.8, 4) is 0 Å². The number of benzene rings is 1. The highest BCUT2D eigenvalue weighted by atomic mass is 32.2. The molecular formula is C11H18N2O2S. The van der Waals surface area contributed by atoms with E-state index in [1.54, 1.807) is 19.2 Å². The first kappa shape index (κ1) is 13.0. The van der Waals surface area contributed by atoms with Gasteiger partial charge in [0, 0.05) is 18.3 Å². The number of rotatable bonds is 2. The minimum atomic E-state index is -3.44. The van der Waals surface area contributed by atoms with Gasteiger partial charge in [0.25, 0.3) is 0 Å². The fourth-order valence-corrected chi connectivity index (χ4v) is 2.68. The van der Waals surface area contributed by atoms with Gasteiger partial charge < -0.3 is 5.73 Å². The van der Waals surface area contributed by atoms with Crippen molar-refractivity contribution in [2.45, 2.75) is 31.2 Å². The average molecular weight is 242 g/mol. The first-order valence-electron chi connectivity index (χ1n) is 5.00. The van der Waals surface area contributed by atoms with Gasteiger partial charge in [0.1, 0.15) is 0 Å². The maximum Gasteiger partial charge on any atom is 0.243 e. The summed E-state index contributed by atoms with van der Waals surface area (Å²) in [5.41, 5.74) is 5.63. The second kappa shape index (κ2) is 4.07. The number of hydrogen-bond donors (Lipinski definition) is 1. The first-order valence-corrected chi connectivity index (χ1v) is 6.44. The Kier molecular flexibility index (Phi) is 3.30. The van der Waals surface area contributed by atoms with Crippen molar-refractivity contribution in [3.63, 3.8) is 0 Å². The molecular weight excluding hydrogens is 224 g/mol. The lowest BCUT2D eigenvalue weighted by molar-refractivity contribution is 0.292. The molecule has 0 unspecified atom stereocenters. The van der Waals surface area contributed by atoms with Crippen molar-refractivity contribution in [1.29, 1.82) is 0 Å². The van der Waals surface area contributed by atoms with Gasteiger partial charge in [0.2, 0.25) is 10.0 Å². The van der Waals surface area contributed by atoms with Crippen LogP contribution in [0.4, 0.5) is 5.69 Å². The van der Waals surface area contributed by atoms with E-state index in [4.69, 9.17) is 5.73 Å². The van der Waals surface area contributed by atoms with Crippen molar-refractivity contribution in [1.82, 2.24) is 4.31 Å². The summed E-state index contributed by atoms with van der Waals surface area (Å²) in [6, 6.07) is 6.21. The second-order valence-electron chi connectivity index (χ2n) is 4.71. The normalized spacial score (nSPS) is 13.1. The summed E-state index contributed by atoms with van der Waals surface area (Å²) in [7, 11) is -1.86. The molecule has 0 heterocycles. The Hall–Kier alpha value is -1.07. The number of hydrogen-bond acceptors (Lipinski definition) is 3. The molecule has 0 atom stereocenters. The molecule has 0 fully saturated rings. The summed E-state index contributed by atoms with van der Waals surface area (Å²) in [5, 5.41) is 0. The molecule has 0 aliphatic heterocycles. The van der Waals surface area contributed by atoms with Gasteiger partial charge in [0.05, 0.1) is 4.90 Å². The molecule has 0 aliphatic rings. The van der Waals surface area contributed by atoms with E-state index >= 15 is 0 Å². The van der Waals surface area contributed by atoms with Crippen molar-refractivity contribution in [2.24, 2.45) is 0 Å². The zero-order valence-electron chi connectivity index (χ0n) is 10.1. The summed E-state index contributed by atoms with van der Waals surface area (Å²) in [4.78, 5) is 0.263. The average Bonchev–Trinajstić information content (AvgIpc) is 2.16. The molecule has 0 aromatic heterocycles. The van der Waals surface area contributed by atoms with Gasteiger partial charge in [-0.3, -0.25) is 0 Å². The molecule has 16 heavy (non-hydrogen) atoms. The van der Waals surface area contributed by atoms with Gasteiger partial charge in [0.15, 0.2) is 0 Å². The molecule has 1 aromatic carbocycles. The predicted molar refractivity (Wildman–Crippen MR) is 65.6 cm³/mol. The van der Waals surface area contributed by atoms with Crippen LogP contribution in [0.5, 0.6) is 0 Å². The van der Waals surface area contributed by atoms with Crippen molar-refractivity contribution in [2.75, 3.05) is 12.8 Å². The fourth-order valence-electron chi connectivity index (χ4n) is 1.16. The number of nitrogen functional groups attached to an aromatic ring is 1. The van der Waals surface area contributed by atoms with Crippen LogP contribution in [0, 0.1) is 0 Å². The zero-order chi connectivity index (χ0) is 12.6. The number of nitrogens with zero attached hydrogens (tertiary/aromatic N) is 1. The first-order chi connectivity index (χ1) is 7.15. The maximum absolute atomic E-state index is 12.2. The summed E-state index contributed by atoms with van der Waals surface area (Å²) >= 11 is 0. The Balaban J connectivity index is 3.17. The van der Waals surface area contributed by atoms with E-state index < -0.39 is 15.6 Å². The third-order valence-electron chi connectivity index (χ3n) is 2.48. The van der Waals surface area contributed by atoms with Crippen LogP contribution in [0.1, 0.15) is 20.8 Å². The van der Waals surface area contributed by atoms with Crippen LogP contribution in [-0.2, 0) is 10.0 Å². The Labute approximate surface area is 97.1 Å². The molecule has 1 aromatic rings. The highest BCUT2D eigenvalue weighted by Crippen LogP contribution is 2.22. The summed E-state index contributed by atoms with van der Waals surface area (Å²) in [6.45, 7) is 5.55. The van der Waals surface area contributed by atoms with E-state index in [0.29, 0.717) is 5.69 Å². The quantitative estimate of drug-likeness (QED) is 0.803. The molecule has 1 rings (SSSR count). The standard InChI is InChI=1S/C11H18N2O2S/c1-11(2,3)13(4)16(14,15)10-7-5-9(12)6-8-10/h5-8H,12H2,1-4H3. The summed E-state index contributed by atoms with van der Waals surface area (Å²) < 4.78 is 25.7. The van der Waals surface area contributed by atoms with Crippen LogP contribution in [-0.4, -0.2) is 25.3 Å². The van der Waals surface area contributed by atoms with E-state index in [1.165, 1.54) is 16.4 Å². The van der Waals surface area contributed by atoms with E-state index in [2.05, 4.69) is 0 Å². The number of nitrogens with two attached hydrogens (primary N) is 1.